The van der Waals surface area contributed by atoms with E-state index in [-0.39, 0.29) is 17.9 Å². The van der Waals surface area contributed by atoms with Crippen LogP contribution in [-0.2, 0) is 0 Å². The van der Waals surface area contributed by atoms with Crippen LogP contribution in [0, 0.1) is 0 Å². The third-order valence-corrected chi connectivity index (χ3v) is 3.44. The van der Waals surface area contributed by atoms with Gasteiger partial charge in [-0.1, -0.05) is 13.0 Å². The molecule has 0 aliphatic carbocycles. The van der Waals surface area contributed by atoms with Crippen LogP contribution >= 0.6 is 0 Å². The molecule has 5 nitrogen and oxygen atoms in total. The Morgan fingerprint density at radius 1 is 1.18 bits per heavy atom. The van der Waals surface area contributed by atoms with Crippen molar-refractivity contribution in [2.75, 3.05) is 27.2 Å². The van der Waals surface area contributed by atoms with E-state index in [2.05, 4.69) is 15.5 Å². The molecule has 22 heavy (non-hydrogen) atoms. The molecule has 0 aromatic heterocycles. The minimum atomic E-state index is -0.142. The quantitative estimate of drug-likeness (QED) is 0.721. The Hall–Kier alpha value is -1.88. The highest BCUT2D eigenvalue weighted by Gasteiger charge is 2.11. The van der Waals surface area contributed by atoms with Gasteiger partial charge in [-0.3, -0.25) is 9.59 Å². The van der Waals surface area contributed by atoms with Crippen molar-refractivity contribution in [3.05, 3.63) is 35.4 Å². The summed E-state index contributed by atoms with van der Waals surface area (Å²) in [6.07, 6.45) is 1.77. The molecule has 1 aromatic rings. The number of carbonyl (C=O) groups excluding carboxylic acids is 2. The first kappa shape index (κ1) is 18.2. The van der Waals surface area contributed by atoms with Crippen molar-refractivity contribution in [2.45, 2.75) is 32.7 Å². The molecular formula is C17H27N3O2. The highest BCUT2D eigenvalue weighted by Crippen LogP contribution is 2.06. The van der Waals surface area contributed by atoms with E-state index in [0.29, 0.717) is 17.7 Å². The van der Waals surface area contributed by atoms with Crippen LogP contribution in [0.1, 0.15) is 47.4 Å². The zero-order valence-electron chi connectivity index (χ0n) is 14.0. The van der Waals surface area contributed by atoms with Gasteiger partial charge in [-0.25, -0.2) is 0 Å². The minimum absolute atomic E-state index is 0.121. The molecular weight excluding hydrogens is 278 g/mol. The van der Waals surface area contributed by atoms with Crippen LogP contribution < -0.4 is 10.6 Å². The normalized spacial score (nSPS) is 12.0. The predicted octanol–water partition coefficient (Wildman–Crippen LogP) is 1.90. The van der Waals surface area contributed by atoms with Crippen molar-refractivity contribution in [3.63, 3.8) is 0 Å². The van der Waals surface area contributed by atoms with Gasteiger partial charge < -0.3 is 15.5 Å². The summed E-state index contributed by atoms with van der Waals surface area (Å²) in [6, 6.07) is 6.94. The van der Waals surface area contributed by atoms with Crippen LogP contribution in [0.3, 0.4) is 0 Å². The summed E-state index contributed by atoms with van der Waals surface area (Å²) in [6.45, 7) is 5.53. The van der Waals surface area contributed by atoms with Gasteiger partial charge in [0.15, 0.2) is 0 Å². The SMILES string of the molecule is CCC(C)NC(=O)c1cccc(C(=O)NCCCN(C)C)c1. The molecule has 0 aliphatic heterocycles. The molecule has 1 atom stereocenters. The number of hydrogen-bond acceptors (Lipinski definition) is 3. The topological polar surface area (TPSA) is 61.4 Å². The van der Waals surface area contributed by atoms with Gasteiger partial charge in [0.05, 0.1) is 0 Å². The molecule has 0 spiro atoms. The van der Waals surface area contributed by atoms with Gasteiger partial charge in [0.25, 0.3) is 11.8 Å². The lowest BCUT2D eigenvalue weighted by atomic mass is 10.1. The Morgan fingerprint density at radius 2 is 1.82 bits per heavy atom. The van der Waals surface area contributed by atoms with Gasteiger partial charge in [0.1, 0.15) is 0 Å². The lowest BCUT2D eigenvalue weighted by molar-refractivity contribution is 0.0939. The lowest BCUT2D eigenvalue weighted by Crippen LogP contribution is -2.32. The molecule has 1 aromatic carbocycles. The zero-order valence-corrected chi connectivity index (χ0v) is 14.0. The Labute approximate surface area is 133 Å². The monoisotopic (exact) mass is 305 g/mol. The standard InChI is InChI=1S/C17H27N3O2/c1-5-13(2)19-17(22)15-9-6-8-14(12-15)16(21)18-10-7-11-20(3)4/h6,8-9,12-13H,5,7,10-11H2,1-4H3,(H,18,21)(H,19,22). The summed E-state index contributed by atoms with van der Waals surface area (Å²) in [4.78, 5) is 26.2. The summed E-state index contributed by atoms with van der Waals surface area (Å²) >= 11 is 0. The van der Waals surface area contributed by atoms with Crippen LogP contribution in [-0.4, -0.2) is 49.9 Å². The molecule has 122 valence electrons. The molecule has 0 saturated heterocycles. The second kappa shape index (κ2) is 9.20. The predicted molar refractivity (Wildman–Crippen MR) is 89.2 cm³/mol. The first-order valence-corrected chi connectivity index (χ1v) is 7.78. The highest BCUT2D eigenvalue weighted by molar-refractivity contribution is 5.99. The molecule has 0 fully saturated rings. The Kier molecular flexibility index (Phi) is 7.60. The van der Waals surface area contributed by atoms with Gasteiger partial charge in [-0.2, -0.15) is 0 Å². The molecule has 0 heterocycles. The number of benzene rings is 1. The summed E-state index contributed by atoms with van der Waals surface area (Å²) in [5.74, 6) is -0.284. The van der Waals surface area contributed by atoms with Crippen molar-refractivity contribution in [1.82, 2.24) is 15.5 Å². The first-order chi connectivity index (χ1) is 10.4. The Bertz CT molecular complexity index is 500. The molecule has 2 amide bonds. The van der Waals surface area contributed by atoms with Gasteiger partial charge in [0, 0.05) is 23.7 Å². The fourth-order valence-electron chi connectivity index (χ4n) is 1.91. The second-order valence-corrected chi connectivity index (χ2v) is 5.78. The number of nitrogens with zero attached hydrogens (tertiary/aromatic N) is 1. The minimum Gasteiger partial charge on any atom is -0.352 e. The first-order valence-electron chi connectivity index (χ1n) is 7.78. The molecule has 2 N–H and O–H groups in total. The van der Waals surface area contributed by atoms with Crippen LogP contribution in [0.15, 0.2) is 24.3 Å². The van der Waals surface area contributed by atoms with Crippen molar-refractivity contribution in [2.24, 2.45) is 0 Å². The maximum atomic E-state index is 12.1. The van der Waals surface area contributed by atoms with Gasteiger partial charge in [0.2, 0.25) is 0 Å². The number of carbonyl (C=O) groups is 2. The maximum Gasteiger partial charge on any atom is 0.251 e. The average Bonchev–Trinajstić information content (AvgIpc) is 2.51. The molecule has 0 bridgehead atoms. The van der Waals surface area contributed by atoms with Crippen molar-refractivity contribution < 1.29 is 9.59 Å². The molecule has 1 unspecified atom stereocenters. The van der Waals surface area contributed by atoms with Crippen molar-refractivity contribution in [3.8, 4) is 0 Å². The highest BCUT2D eigenvalue weighted by atomic mass is 16.2. The summed E-state index contributed by atoms with van der Waals surface area (Å²) in [7, 11) is 4.00. The lowest BCUT2D eigenvalue weighted by Gasteiger charge is -2.12. The maximum absolute atomic E-state index is 12.1. The van der Waals surface area contributed by atoms with Crippen LogP contribution in [0.4, 0.5) is 0 Å². The van der Waals surface area contributed by atoms with Crippen LogP contribution in [0.2, 0.25) is 0 Å². The zero-order chi connectivity index (χ0) is 16.5. The van der Waals surface area contributed by atoms with E-state index in [4.69, 9.17) is 0 Å². The van der Waals surface area contributed by atoms with Crippen LogP contribution in [0.25, 0.3) is 0 Å². The smallest absolute Gasteiger partial charge is 0.251 e. The van der Waals surface area contributed by atoms with E-state index in [0.717, 1.165) is 19.4 Å². The Balaban J connectivity index is 2.59. The van der Waals surface area contributed by atoms with E-state index in [1.54, 1.807) is 24.3 Å². The van der Waals surface area contributed by atoms with Crippen LogP contribution in [0.5, 0.6) is 0 Å². The van der Waals surface area contributed by atoms with Gasteiger partial charge >= 0.3 is 0 Å². The summed E-state index contributed by atoms with van der Waals surface area (Å²) in [5, 5.41) is 5.78. The third-order valence-electron chi connectivity index (χ3n) is 3.44. The summed E-state index contributed by atoms with van der Waals surface area (Å²) in [5.41, 5.74) is 1.03. The van der Waals surface area contributed by atoms with E-state index in [1.807, 2.05) is 27.9 Å². The van der Waals surface area contributed by atoms with E-state index in [9.17, 15) is 9.59 Å². The van der Waals surface area contributed by atoms with E-state index in [1.165, 1.54) is 0 Å². The number of rotatable bonds is 8. The Morgan fingerprint density at radius 3 is 2.41 bits per heavy atom. The molecule has 0 radical (unpaired) electrons. The number of amides is 2. The second-order valence-electron chi connectivity index (χ2n) is 5.78. The largest absolute Gasteiger partial charge is 0.352 e. The molecule has 5 heteroatoms. The van der Waals surface area contributed by atoms with Crippen molar-refractivity contribution in [1.29, 1.82) is 0 Å². The number of nitrogens with one attached hydrogen (secondary N) is 2. The fraction of sp³-hybridized carbons (Fsp3) is 0.529. The average molecular weight is 305 g/mol. The van der Waals surface area contributed by atoms with Crippen molar-refractivity contribution >= 4 is 11.8 Å². The molecule has 1 rings (SSSR count). The summed E-state index contributed by atoms with van der Waals surface area (Å²) < 4.78 is 0. The molecule has 0 saturated carbocycles. The van der Waals surface area contributed by atoms with Gasteiger partial charge in [-0.05, 0) is 58.6 Å². The fourth-order valence-corrected chi connectivity index (χ4v) is 1.91. The van der Waals surface area contributed by atoms with Gasteiger partial charge in [-0.15, -0.1) is 0 Å². The number of hydrogen-bond donors (Lipinski definition) is 2. The third kappa shape index (κ3) is 6.26. The van der Waals surface area contributed by atoms with E-state index < -0.39 is 0 Å². The molecule has 0 aliphatic rings. The van der Waals surface area contributed by atoms with E-state index >= 15 is 0 Å².